The molecule has 1 unspecified atom stereocenters. The fourth-order valence-corrected chi connectivity index (χ4v) is 4.38. The van der Waals surface area contributed by atoms with E-state index in [4.69, 9.17) is 11.5 Å². The maximum atomic E-state index is 14.3. The number of allylic oxidation sites excluding steroid dienone is 3. The summed E-state index contributed by atoms with van der Waals surface area (Å²) in [4.78, 5) is 13.6. The van der Waals surface area contributed by atoms with E-state index in [1.807, 2.05) is 4.31 Å². The molecule has 1 amide bonds. The summed E-state index contributed by atoms with van der Waals surface area (Å²) in [6.07, 6.45) is -1.65. The van der Waals surface area contributed by atoms with E-state index in [9.17, 15) is 26.7 Å². The number of rotatable bonds is 7. The summed E-state index contributed by atoms with van der Waals surface area (Å²) in [6, 6.07) is 9.31. The van der Waals surface area contributed by atoms with E-state index in [0.717, 1.165) is 23.5 Å². The van der Waals surface area contributed by atoms with Gasteiger partial charge in [0.1, 0.15) is 17.3 Å². The largest absolute Gasteiger partial charge is 0.430 e. The van der Waals surface area contributed by atoms with Crippen LogP contribution in [0.1, 0.15) is 24.0 Å². The van der Waals surface area contributed by atoms with Crippen LogP contribution >= 0.6 is 11.9 Å². The lowest BCUT2D eigenvalue weighted by Crippen LogP contribution is -2.40. The summed E-state index contributed by atoms with van der Waals surface area (Å²) in [5.41, 5.74) is 9.81. The van der Waals surface area contributed by atoms with Gasteiger partial charge in [-0.25, -0.2) is 13.1 Å². The third-order valence-electron chi connectivity index (χ3n) is 5.14. The molecule has 11 heteroatoms. The van der Waals surface area contributed by atoms with Crippen molar-refractivity contribution < 1.29 is 26.7 Å². The average Bonchev–Trinajstić information content (AvgIpc) is 3.25. The van der Waals surface area contributed by atoms with Gasteiger partial charge in [0.2, 0.25) is 5.91 Å². The molecule has 1 saturated heterocycles. The highest BCUT2D eigenvalue weighted by molar-refractivity contribution is 7.97. The molecule has 0 bridgehead atoms. The number of carbonyl (C=O) groups is 1. The third kappa shape index (κ3) is 6.73. The number of amides is 1. The predicted octanol–water partition coefficient (Wildman–Crippen LogP) is 4.46. The summed E-state index contributed by atoms with van der Waals surface area (Å²) >= 11 is 1.35. The summed E-state index contributed by atoms with van der Waals surface area (Å²) in [6.45, 7) is 0.539. The highest BCUT2D eigenvalue weighted by atomic mass is 32.2. The molecule has 0 saturated carbocycles. The fraction of sp³-hybridized carbons (Fsp3) is 0.261. The minimum absolute atomic E-state index is 0.0440. The number of nitrogens with zero attached hydrogens (tertiary/aromatic N) is 1. The van der Waals surface area contributed by atoms with Crippen LogP contribution in [0.3, 0.4) is 0 Å². The van der Waals surface area contributed by atoms with Crippen molar-refractivity contribution in [1.29, 1.82) is 0 Å². The molecule has 34 heavy (non-hydrogen) atoms. The summed E-state index contributed by atoms with van der Waals surface area (Å²) in [7, 11) is 0. The lowest BCUT2D eigenvalue weighted by Gasteiger charge is -2.22. The molecule has 0 aromatic heterocycles. The Morgan fingerprint density at radius 1 is 1.12 bits per heavy atom. The van der Waals surface area contributed by atoms with Gasteiger partial charge >= 0.3 is 6.18 Å². The smallest absolute Gasteiger partial charge is 0.398 e. The van der Waals surface area contributed by atoms with Gasteiger partial charge in [0, 0.05) is 29.2 Å². The van der Waals surface area contributed by atoms with E-state index in [-0.39, 0.29) is 35.1 Å². The standard InChI is InChI=1S/C23H23F5N4OS/c24-16-4-6-17(7-5-16)34-32-11-1-2-20(32)22(33)31-13-15-12-14(3-8-18(15)25)19(29)9-10-21(30)23(26,27)28/h3-10,12,20H,1-2,11,13,29-30H2,(H,31,33)/b19-9-,21-10-. The van der Waals surface area contributed by atoms with Crippen LogP contribution in [0.5, 0.6) is 0 Å². The van der Waals surface area contributed by atoms with E-state index in [2.05, 4.69) is 5.32 Å². The van der Waals surface area contributed by atoms with Gasteiger partial charge in [0.15, 0.2) is 0 Å². The summed E-state index contributed by atoms with van der Waals surface area (Å²) < 4.78 is 66.9. The normalized spacial score (nSPS) is 17.7. The van der Waals surface area contributed by atoms with E-state index in [1.165, 1.54) is 36.2 Å². The van der Waals surface area contributed by atoms with Crippen LogP contribution in [-0.4, -0.2) is 29.0 Å². The molecular weight excluding hydrogens is 475 g/mol. The number of hydrogen-bond acceptors (Lipinski definition) is 5. The molecule has 1 heterocycles. The molecule has 0 spiro atoms. The number of nitrogens with two attached hydrogens (primary N) is 2. The van der Waals surface area contributed by atoms with Gasteiger partial charge in [-0.15, -0.1) is 0 Å². The Kier molecular flexibility index (Phi) is 8.21. The van der Waals surface area contributed by atoms with Crippen molar-refractivity contribution in [2.75, 3.05) is 6.54 Å². The van der Waals surface area contributed by atoms with Crippen molar-refractivity contribution in [2.24, 2.45) is 11.5 Å². The van der Waals surface area contributed by atoms with Crippen LogP contribution in [0.15, 0.2) is 65.2 Å². The van der Waals surface area contributed by atoms with E-state index >= 15 is 0 Å². The molecule has 5 nitrogen and oxygen atoms in total. The van der Waals surface area contributed by atoms with Crippen LogP contribution in [-0.2, 0) is 11.3 Å². The van der Waals surface area contributed by atoms with Gasteiger partial charge < -0.3 is 16.8 Å². The van der Waals surface area contributed by atoms with Crippen molar-refractivity contribution in [2.45, 2.75) is 36.5 Å². The molecule has 1 aliphatic rings. The Bertz CT molecular complexity index is 1090. The fourth-order valence-electron chi connectivity index (χ4n) is 3.30. The second-order valence-corrected chi connectivity index (χ2v) is 8.73. The monoisotopic (exact) mass is 498 g/mol. The second kappa shape index (κ2) is 10.9. The molecule has 1 atom stereocenters. The molecule has 5 N–H and O–H groups in total. The number of nitrogens with one attached hydrogen (secondary N) is 1. The first-order valence-electron chi connectivity index (χ1n) is 10.3. The number of halogens is 5. The minimum Gasteiger partial charge on any atom is -0.398 e. The van der Waals surface area contributed by atoms with Gasteiger partial charge in [0.05, 0.1) is 6.04 Å². The zero-order valence-corrected chi connectivity index (χ0v) is 18.7. The van der Waals surface area contributed by atoms with Gasteiger partial charge in [-0.1, -0.05) is 0 Å². The highest BCUT2D eigenvalue weighted by Gasteiger charge is 2.32. The van der Waals surface area contributed by atoms with Crippen LogP contribution < -0.4 is 16.8 Å². The molecule has 2 aromatic carbocycles. The Balaban J connectivity index is 1.65. The van der Waals surface area contributed by atoms with Crippen molar-refractivity contribution in [3.63, 3.8) is 0 Å². The molecule has 182 valence electrons. The van der Waals surface area contributed by atoms with Crippen LogP contribution in [0.25, 0.3) is 5.70 Å². The molecule has 2 aromatic rings. The van der Waals surface area contributed by atoms with E-state index < -0.39 is 23.7 Å². The highest BCUT2D eigenvalue weighted by Crippen LogP contribution is 2.31. The van der Waals surface area contributed by atoms with E-state index in [0.29, 0.717) is 19.0 Å². The summed E-state index contributed by atoms with van der Waals surface area (Å²) in [5.74, 6) is -1.23. The van der Waals surface area contributed by atoms with Crippen LogP contribution in [0.2, 0.25) is 0 Å². The molecule has 3 rings (SSSR count). The minimum atomic E-state index is -4.68. The lowest BCUT2D eigenvalue weighted by atomic mass is 10.1. The van der Waals surface area contributed by atoms with Crippen LogP contribution in [0, 0.1) is 11.6 Å². The van der Waals surface area contributed by atoms with Crippen LogP contribution in [0.4, 0.5) is 22.0 Å². The number of hydrogen-bond donors (Lipinski definition) is 3. The van der Waals surface area contributed by atoms with Gasteiger partial charge in [-0.3, -0.25) is 4.79 Å². The molecule has 1 fully saturated rings. The first-order chi connectivity index (χ1) is 16.0. The van der Waals surface area contributed by atoms with Crippen molar-refractivity contribution >= 4 is 23.6 Å². The lowest BCUT2D eigenvalue weighted by molar-refractivity contribution is -0.124. The zero-order valence-electron chi connectivity index (χ0n) is 17.9. The quantitative estimate of drug-likeness (QED) is 0.298. The Hall–Kier alpha value is -3.05. The maximum absolute atomic E-state index is 14.3. The molecular formula is C23H23F5N4OS. The Morgan fingerprint density at radius 2 is 1.82 bits per heavy atom. The molecule has 0 aliphatic carbocycles. The summed E-state index contributed by atoms with van der Waals surface area (Å²) in [5, 5.41) is 2.71. The first-order valence-corrected chi connectivity index (χ1v) is 11.1. The Labute approximate surface area is 197 Å². The zero-order chi connectivity index (χ0) is 24.9. The topological polar surface area (TPSA) is 84.4 Å². The van der Waals surface area contributed by atoms with Gasteiger partial charge in [-0.2, -0.15) is 13.2 Å². The number of alkyl halides is 3. The van der Waals surface area contributed by atoms with Gasteiger partial charge in [-0.05, 0) is 85.0 Å². The predicted molar refractivity (Wildman–Crippen MR) is 121 cm³/mol. The van der Waals surface area contributed by atoms with Gasteiger partial charge in [0.25, 0.3) is 0 Å². The average molecular weight is 499 g/mol. The van der Waals surface area contributed by atoms with E-state index in [1.54, 1.807) is 12.1 Å². The SMILES string of the molecule is N/C(=C\C=C(/N)C(F)(F)F)c1ccc(F)c(CNC(=O)C2CCCN2Sc2ccc(F)cc2)c1. The van der Waals surface area contributed by atoms with Crippen molar-refractivity contribution in [3.8, 4) is 0 Å². The second-order valence-electron chi connectivity index (χ2n) is 7.61. The third-order valence-corrected chi connectivity index (χ3v) is 6.30. The maximum Gasteiger partial charge on any atom is 0.430 e. The first kappa shape index (κ1) is 25.6. The Morgan fingerprint density at radius 3 is 2.50 bits per heavy atom. The molecule has 1 aliphatic heterocycles. The van der Waals surface area contributed by atoms with Crippen molar-refractivity contribution in [1.82, 2.24) is 9.62 Å². The van der Waals surface area contributed by atoms with Crippen molar-refractivity contribution in [3.05, 3.63) is 83.1 Å². The number of carbonyl (C=O) groups excluding carboxylic acids is 1. The molecule has 0 radical (unpaired) electrons. The number of benzene rings is 2.